The molecule has 1 aliphatic rings. The molecule has 3 aromatic rings. The van der Waals surface area contributed by atoms with Crippen molar-refractivity contribution in [2.75, 3.05) is 26.2 Å². The molecule has 1 aromatic carbocycles. The minimum Gasteiger partial charge on any atom is -0.449 e. The summed E-state index contributed by atoms with van der Waals surface area (Å²) in [7, 11) is 0. The van der Waals surface area contributed by atoms with Crippen LogP contribution in [0.5, 0.6) is 0 Å². The molecule has 22 heavy (non-hydrogen) atoms. The maximum absolute atomic E-state index is 12.3. The van der Waals surface area contributed by atoms with Crippen LogP contribution in [0.15, 0.2) is 27.4 Å². The summed E-state index contributed by atoms with van der Waals surface area (Å²) >= 11 is 0. The van der Waals surface area contributed by atoms with Crippen LogP contribution in [-0.2, 0) is 6.54 Å². The number of nitrogens with zero attached hydrogens (tertiary/aromatic N) is 2. The molecule has 0 spiro atoms. The molecule has 0 bridgehead atoms. The van der Waals surface area contributed by atoms with Crippen molar-refractivity contribution in [3.63, 3.8) is 0 Å². The van der Waals surface area contributed by atoms with Crippen molar-refractivity contribution >= 4 is 22.1 Å². The van der Waals surface area contributed by atoms with E-state index in [9.17, 15) is 4.79 Å². The molecule has 0 saturated carbocycles. The molecule has 1 saturated heterocycles. The Morgan fingerprint density at radius 1 is 1.32 bits per heavy atom. The highest BCUT2D eigenvalue weighted by Gasteiger charge is 2.16. The van der Waals surface area contributed by atoms with Gasteiger partial charge in [0.2, 0.25) is 5.58 Å². The fourth-order valence-electron chi connectivity index (χ4n) is 2.97. The Kier molecular flexibility index (Phi) is 3.20. The van der Waals surface area contributed by atoms with Crippen LogP contribution >= 0.6 is 0 Å². The Bertz CT molecular complexity index is 890. The van der Waals surface area contributed by atoms with Crippen molar-refractivity contribution in [3.05, 3.63) is 39.9 Å². The summed E-state index contributed by atoms with van der Waals surface area (Å²) in [6.45, 7) is 6.55. The van der Waals surface area contributed by atoms with Crippen molar-refractivity contribution in [1.82, 2.24) is 20.2 Å². The first-order valence-electron chi connectivity index (χ1n) is 7.56. The fourth-order valence-corrected chi connectivity index (χ4v) is 2.97. The lowest BCUT2D eigenvalue weighted by atomic mass is 10.2. The molecular formula is C16H18N4O2. The quantitative estimate of drug-likeness (QED) is 0.748. The smallest absolute Gasteiger partial charge is 0.294 e. The molecule has 114 valence electrons. The zero-order chi connectivity index (χ0) is 15.1. The highest BCUT2D eigenvalue weighted by Crippen LogP contribution is 2.25. The van der Waals surface area contributed by atoms with Gasteiger partial charge in [0, 0.05) is 31.6 Å². The molecule has 0 amide bonds. The van der Waals surface area contributed by atoms with Crippen molar-refractivity contribution in [2.45, 2.75) is 13.5 Å². The van der Waals surface area contributed by atoms with E-state index < -0.39 is 0 Å². The molecule has 6 heteroatoms. The van der Waals surface area contributed by atoms with E-state index in [1.807, 2.05) is 25.1 Å². The van der Waals surface area contributed by atoms with Gasteiger partial charge >= 0.3 is 0 Å². The van der Waals surface area contributed by atoms with Gasteiger partial charge in [-0.05, 0) is 19.1 Å². The molecule has 1 aliphatic heterocycles. The Morgan fingerprint density at radius 3 is 2.95 bits per heavy atom. The second-order valence-corrected chi connectivity index (χ2v) is 5.82. The number of benzene rings is 1. The van der Waals surface area contributed by atoms with Crippen LogP contribution in [0.2, 0.25) is 0 Å². The topological polar surface area (TPSA) is 74.2 Å². The first-order valence-corrected chi connectivity index (χ1v) is 7.56. The molecule has 3 heterocycles. The van der Waals surface area contributed by atoms with Gasteiger partial charge in [-0.3, -0.25) is 9.69 Å². The molecule has 2 N–H and O–H groups in total. The third-order valence-electron chi connectivity index (χ3n) is 4.11. The number of hydrogen-bond acceptors (Lipinski definition) is 5. The summed E-state index contributed by atoms with van der Waals surface area (Å²) in [4.78, 5) is 22.1. The third kappa shape index (κ3) is 2.30. The number of fused-ring (bicyclic) bond motifs is 3. The fraction of sp³-hybridized carbons (Fsp3) is 0.375. The van der Waals surface area contributed by atoms with E-state index in [1.54, 1.807) is 0 Å². The lowest BCUT2D eigenvalue weighted by Crippen LogP contribution is -2.43. The lowest BCUT2D eigenvalue weighted by molar-refractivity contribution is 0.228. The summed E-state index contributed by atoms with van der Waals surface area (Å²) in [5.74, 6) is 0.698. The van der Waals surface area contributed by atoms with E-state index in [0.29, 0.717) is 29.1 Å². The molecule has 0 atom stereocenters. The van der Waals surface area contributed by atoms with Gasteiger partial charge < -0.3 is 14.7 Å². The van der Waals surface area contributed by atoms with E-state index in [-0.39, 0.29) is 5.56 Å². The number of hydrogen-bond donors (Lipinski definition) is 2. The number of nitrogens with one attached hydrogen (secondary N) is 2. The van der Waals surface area contributed by atoms with Crippen molar-refractivity contribution in [2.24, 2.45) is 0 Å². The maximum Gasteiger partial charge on any atom is 0.294 e. The normalized spacial score (nSPS) is 16.6. The molecule has 2 aromatic heterocycles. The Labute approximate surface area is 127 Å². The van der Waals surface area contributed by atoms with Crippen molar-refractivity contribution in [1.29, 1.82) is 0 Å². The lowest BCUT2D eigenvalue weighted by Gasteiger charge is -2.26. The van der Waals surface area contributed by atoms with E-state index in [1.165, 1.54) is 0 Å². The van der Waals surface area contributed by atoms with Crippen LogP contribution in [0.25, 0.3) is 22.1 Å². The molecule has 0 radical (unpaired) electrons. The van der Waals surface area contributed by atoms with E-state index in [4.69, 9.17) is 4.42 Å². The molecule has 6 nitrogen and oxygen atoms in total. The van der Waals surface area contributed by atoms with Crippen LogP contribution in [0.1, 0.15) is 11.4 Å². The second kappa shape index (κ2) is 5.23. The van der Waals surface area contributed by atoms with Gasteiger partial charge in [0.1, 0.15) is 16.9 Å². The minimum absolute atomic E-state index is 0.205. The molecule has 4 rings (SSSR count). The maximum atomic E-state index is 12.3. The first kappa shape index (κ1) is 13.5. The van der Waals surface area contributed by atoms with Gasteiger partial charge in [-0.1, -0.05) is 11.6 Å². The van der Waals surface area contributed by atoms with Crippen LogP contribution in [0.4, 0.5) is 0 Å². The second-order valence-electron chi connectivity index (χ2n) is 5.82. The minimum atomic E-state index is -0.205. The average molecular weight is 298 g/mol. The first-order chi connectivity index (χ1) is 10.7. The number of rotatable bonds is 2. The standard InChI is InChI=1S/C16H18N4O2/c1-10-2-3-12-11(8-10)14-15(22-12)16(21)19-13(18-14)9-20-6-4-17-5-7-20/h2-3,8,17H,4-7,9H2,1H3,(H,18,19,21). The predicted octanol–water partition coefficient (Wildman–Crippen LogP) is 1.38. The van der Waals surface area contributed by atoms with Crippen LogP contribution in [0, 0.1) is 6.92 Å². The van der Waals surface area contributed by atoms with Crippen LogP contribution < -0.4 is 10.9 Å². The highest BCUT2D eigenvalue weighted by atomic mass is 16.3. The predicted molar refractivity (Wildman–Crippen MR) is 85.0 cm³/mol. The zero-order valence-corrected chi connectivity index (χ0v) is 12.5. The van der Waals surface area contributed by atoms with Gasteiger partial charge in [-0.2, -0.15) is 0 Å². The van der Waals surface area contributed by atoms with Crippen LogP contribution in [-0.4, -0.2) is 41.0 Å². The zero-order valence-electron chi connectivity index (χ0n) is 12.5. The number of aromatic amines is 1. The van der Waals surface area contributed by atoms with Gasteiger partial charge in [0.15, 0.2) is 0 Å². The summed E-state index contributed by atoms with van der Waals surface area (Å²) in [5, 5.41) is 4.22. The summed E-state index contributed by atoms with van der Waals surface area (Å²) in [5.41, 5.74) is 2.60. The van der Waals surface area contributed by atoms with E-state index in [2.05, 4.69) is 20.2 Å². The third-order valence-corrected chi connectivity index (χ3v) is 4.11. The Morgan fingerprint density at radius 2 is 2.14 bits per heavy atom. The number of piperazine rings is 1. The average Bonchev–Trinajstić information content (AvgIpc) is 2.87. The van der Waals surface area contributed by atoms with Crippen LogP contribution in [0.3, 0.4) is 0 Å². The monoisotopic (exact) mass is 298 g/mol. The SMILES string of the molecule is Cc1ccc2oc3c(=O)[nH]c(CN4CCNCC4)nc3c2c1. The number of furan rings is 1. The van der Waals surface area contributed by atoms with Crippen molar-refractivity contribution in [3.8, 4) is 0 Å². The Hall–Kier alpha value is -2.18. The van der Waals surface area contributed by atoms with E-state index >= 15 is 0 Å². The van der Waals surface area contributed by atoms with Crippen molar-refractivity contribution < 1.29 is 4.42 Å². The highest BCUT2D eigenvalue weighted by molar-refractivity contribution is 6.02. The summed E-state index contributed by atoms with van der Waals surface area (Å²) in [6, 6.07) is 5.88. The van der Waals surface area contributed by atoms with Gasteiger partial charge in [-0.15, -0.1) is 0 Å². The van der Waals surface area contributed by atoms with Gasteiger partial charge in [0.25, 0.3) is 5.56 Å². The number of aryl methyl sites for hydroxylation is 1. The summed E-state index contributed by atoms with van der Waals surface area (Å²) in [6.07, 6.45) is 0. The molecule has 1 fully saturated rings. The molecular weight excluding hydrogens is 280 g/mol. The van der Waals surface area contributed by atoms with Gasteiger partial charge in [-0.25, -0.2) is 4.98 Å². The summed E-state index contributed by atoms with van der Waals surface area (Å²) < 4.78 is 5.65. The number of aromatic nitrogens is 2. The number of H-pyrrole nitrogens is 1. The van der Waals surface area contributed by atoms with E-state index in [0.717, 1.165) is 37.1 Å². The Balaban J connectivity index is 1.81. The van der Waals surface area contributed by atoms with Gasteiger partial charge in [0.05, 0.1) is 6.54 Å². The molecule has 0 aliphatic carbocycles. The largest absolute Gasteiger partial charge is 0.449 e. The molecule has 0 unspecified atom stereocenters.